The summed E-state index contributed by atoms with van der Waals surface area (Å²) in [5.41, 5.74) is -0.572. The van der Waals surface area contributed by atoms with Gasteiger partial charge in [-0.15, -0.1) is 0 Å². The molecule has 1 aliphatic rings. The van der Waals surface area contributed by atoms with Gasteiger partial charge in [-0.05, 0) is 25.0 Å². The Kier molecular flexibility index (Phi) is 5.94. The van der Waals surface area contributed by atoms with Crippen molar-refractivity contribution < 1.29 is 23.9 Å². The van der Waals surface area contributed by atoms with Gasteiger partial charge in [-0.25, -0.2) is 4.79 Å². The quantitative estimate of drug-likeness (QED) is 0.422. The minimum atomic E-state index is -0.969. The fraction of sp³-hybridized carbons (Fsp3) is 0.412. The van der Waals surface area contributed by atoms with E-state index in [4.69, 9.17) is 4.74 Å². The summed E-state index contributed by atoms with van der Waals surface area (Å²) in [7, 11) is 0. The van der Waals surface area contributed by atoms with E-state index in [1.54, 1.807) is 38.1 Å². The monoisotopic (exact) mass is 410 g/mol. The zero-order valence-corrected chi connectivity index (χ0v) is 15.6. The molecule has 1 heterocycles. The maximum atomic E-state index is 12.4. The molecule has 0 atom stereocenters. The van der Waals surface area contributed by atoms with Gasteiger partial charge in [0.1, 0.15) is 12.1 Å². The van der Waals surface area contributed by atoms with Crippen LogP contribution in [0.25, 0.3) is 0 Å². The number of rotatable bonds is 7. The lowest BCUT2D eigenvalue weighted by atomic mass is 9.93. The van der Waals surface area contributed by atoms with Crippen LogP contribution < -0.4 is 5.32 Å². The van der Waals surface area contributed by atoms with Gasteiger partial charge in [0.25, 0.3) is 5.91 Å². The Hall–Kier alpha value is -2.22. The number of amides is 3. The van der Waals surface area contributed by atoms with Crippen molar-refractivity contribution in [2.45, 2.75) is 32.2 Å². The normalized spacial score (nSPS) is 15.9. The highest BCUT2D eigenvalue weighted by atomic mass is 79.9. The molecule has 0 bridgehead atoms. The molecule has 1 aliphatic heterocycles. The first-order chi connectivity index (χ1) is 11.8. The van der Waals surface area contributed by atoms with Crippen molar-refractivity contribution in [1.82, 2.24) is 10.2 Å². The zero-order valence-electron chi connectivity index (χ0n) is 14.0. The van der Waals surface area contributed by atoms with Gasteiger partial charge < -0.3 is 10.1 Å². The highest BCUT2D eigenvalue weighted by Gasteiger charge is 2.49. The number of ketones is 1. The molecule has 0 unspecified atom stereocenters. The van der Waals surface area contributed by atoms with Gasteiger partial charge in [0.15, 0.2) is 12.4 Å². The first-order valence-electron chi connectivity index (χ1n) is 7.91. The molecular weight excluding hydrogens is 392 g/mol. The molecule has 0 saturated carbocycles. The van der Waals surface area contributed by atoms with Crippen LogP contribution in [0.4, 0.5) is 4.79 Å². The van der Waals surface area contributed by atoms with Crippen LogP contribution in [0.2, 0.25) is 0 Å². The fourth-order valence-corrected chi connectivity index (χ4v) is 3.01. The molecule has 0 radical (unpaired) electrons. The Labute approximate surface area is 153 Å². The van der Waals surface area contributed by atoms with E-state index in [1.165, 1.54) is 0 Å². The van der Waals surface area contributed by atoms with Crippen LogP contribution in [0, 0.1) is 0 Å². The Morgan fingerprint density at radius 1 is 1.24 bits per heavy atom. The maximum Gasteiger partial charge on any atom is 0.326 e. The largest absolute Gasteiger partial charge is 0.456 e. The average molecular weight is 411 g/mol. The predicted molar refractivity (Wildman–Crippen MR) is 93.0 cm³/mol. The molecule has 0 spiro atoms. The number of ether oxygens (including phenoxy) is 1. The summed E-state index contributed by atoms with van der Waals surface area (Å²) in [6.07, 6.45) is 0.863. The smallest absolute Gasteiger partial charge is 0.326 e. The molecule has 1 fully saturated rings. The Morgan fingerprint density at radius 3 is 2.48 bits per heavy atom. The van der Waals surface area contributed by atoms with Crippen LogP contribution >= 0.6 is 15.9 Å². The van der Waals surface area contributed by atoms with E-state index in [0.29, 0.717) is 18.4 Å². The molecule has 0 aliphatic carbocycles. The third-order valence-corrected chi connectivity index (χ3v) is 4.74. The van der Waals surface area contributed by atoms with Crippen molar-refractivity contribution >= 4 is 39.6 Å². The van der Waals surface area contributed by atoms with E-state index in [0.717, 1.165) is 9.37 Å². The molecule has 134 valence electrons. The first-order valence-corrected chi connectivity index (χ1v) is 8.70. The number of imide groups is 1. The number of Topliss-reactive ketones (excluding diaryl/α,β-unsaturated/α-hetero) is 1. The van der Waals surface area contributed by atoms with Crippen molar-refractivity contribution in [3.63, 3.8) is 0 Å². The maximum absolute atomic E-state index is 12.4. The summed E-state index contributed by atoms with van der Waals surface area (Å²) in [5.74, 6) is -1.63. The van der Waals surface area contributed by atoms with E-state index in [2.05, 4.69) is 21.2 Å². The van der Waals surface area contributed by atoms with Crippen LogP contribution in [0.3, 0.4) is 0 Å². The number of esters is 1. The van der Waals surface area contributed by atoms with Gasteiger partial charge in [0, 0.05) is 10.0 Å². The second kappa shape index (κ2) is 7.77. The summed E-state index contributed by atoms with van der Waals surface area (Å²) in [5, 5.41) is 2.63. The number of hydrogen-bond acceptors (Lipinski definition) is 5. The second-order valence-corrected chi connectivity index (χ2v) is 6.62. The van der Waals surface area contributed by atoms with E-state index in [-0.39, 0.29) is 5.78 Å². The number of carbonyl (C=O) groups excluding carboxylic acids is 4. The highest BCUT2D eigenvalue weighted by molar-refractivity contribution is 9.10. The minimum Gasteiger partial charge on any atom is -0.456 e. The number of halogens is 1. The molecule has 3 amide bonds. The number of benzene rings is 1. The topological polar surface area (TPSA) is 92.8 Å². The van der Waals surface area contributed by atoms with Crippen LogP contribution in [0.1, 0.15) is 37.0 Å². The van der Waals surface area contributed by atoms with E-state index in [9.17, 15) is 19.2 Å². The standard InChI is InChI=1S/C17H19BrN2O5/c1-3-17(4-2)15(23)20(16(24)19-17)9-14(22)25-10-13(21)11-6-5-7-12(18)8-11/h5-8H,3-4,9-10H2,1-2H3,(H,19,24). The SMILES string of the molecule is CCC1(CC)NC(=O)N(CC(=O)OCC(=O)c2cccc(Br)c2)C1=O. The number of carbonyl (C=O) groups is 4. The van der Waals surface area contributed by atoms with E-state index >= 15 is 0 Å². The zero-order chi connectivity index (χ0) is 18.6. The summed E-state index contributed by atoms with van der Waals surface area (Å²) in [6, 6.07) is 6.07. The summed E-state index contributed by atoms with van der Waals surface area (Å²) >= 11 is 3.26. The summed E-state index contributed by atoms with van der Waals surface area (Å²) in [6.45, 7) is 2.62. The number of hydrogen-bond donors (Lipinski definition) is 1. The van der Waals surface area contributed by atoms with Crippen LogP contribution in [-0.4, -0.2) is 47.3 Å². The molecule has 1 aromatic rings. The van der Waals surface area contributed by atoms with Crippen molar-refractivity contribution in [2.24, 2.45) is 0 Å². The molecular formula is C17H19BrN2O5. The van der Waals surface area contributed by atoms with Gasteiger partial charge in [0.05, 0.1) is 0 Å². The van der Waals surface area contributed by atoms with Gasteiger partial charge in [-0.2, -0.15) is 0 Å². The molecule has 0 aromatic heterocycles. The Balaban J connectivity index is 1.93. The lowest BCUT2D eigenvalue weighted by Gasteiger charge is -2.22. The van der Waals surface area contributed by atoms with Gasteiger partial charge in [0.2, 0.25) is 0 Å². The average Bonchev–Trinajstić information content (AvgIpc) is 2.84. The lowest BCUT2D eigenvalue weighted by molar-refractivity contribution is -0.146. The number of nitrogens with zero attached hydrogens (tertiary/aromatic N) is 1. The van der Waals surface area contributed by atoms with Crippen LogP contribution in [0.5, 0.6) is 0 Å². The molecule has 1 aromatic carbocycles. The van der Waals surface area contributed by atoms with Crippen molar-refractivity contribution in [1.29, 1.82) is 0 Å². The van der Waals surface area contributed by atoms with E-state index in [1.807, 2.05) is 0 Å². The van der Waals surface area contributed by atoms with Gasteiger partial charge in [-0.3, -0.25) is 19.3 Å². The molecule has 1 N–H and O–H groups in total. The Bertz CT molecular complexity index is 715. The predicted octanol–water partition coefficient (Wildman–Crippen LogP) is 2.29. The molecule has 8 heteroatoms. The Morgan fingerprint density at radius 2 is 1.92 bits per heavy atom. The molecule has 1 saturated heterocycles. The molecule has 7 nitrogen and oxygen atoms in total. The number of nitrogens with one attached hydrogen (secondary N) is 1. The molecule has 25 heavy (non-hydrogen) atoms. The van der Waals surface area contributed by atoms with Crippen LogP contribution in [-0.2, 0) is 14.3 Å². The van der Waals surface area contributed by atoms with Crippen molar-refractivity contribution in [3.05, 3.63) is 34.3 Å². The third-order valence-electron chi connectivity index (χ3n) is 4.25. The third kappa shape index (κ3) is 4.07. The lowest BCUT2D eigenvalue weighted by Crippen LogP contribution is -2.46. The van der Waals surface area contributed by atoms with Crippen molar-refractivity contribution in [2.75, 3.05) is 13.2 Å². The van der Waals surface area contributed by atoms with Crippen LogP contribution in [0.15, 0.2) is 28.7 Å². The summed E-state index contributed by atoms with van der Waals surface area (Å²) < 4.78 is 5.65. The fourth-order valence-electron chi connectivity index (χ4n) is 2.62. The number of urea groups is 1. The second-order valence-electron chi connectivity index (χ2n) is 5.70. The van der Waals surface area contributed by atoms with Gasteiger partial charge >= 0.3 is 12.0 Å². The minimum absolute atomic E-state index is 0.372. The first kappa shape index (κ1) is 19.1. The highest BCUT2D eigenvalue weighted by Crippen LogP contribution is 2.24. The van der Waals surface area contributed by atoms with Crippen molar-refractivity contribution in [3.8, 4) is 0 Å². The van der Waals surface area contributed by atoms with Gasteiger partial charge in [-0.1, -0.05) is 41.9 Å². The van der Waals surface area contributed by atoms with E-state index < -0.39 is 36.6 Å². The summed E-state index contributed by atoms with van der Waals surface area (Å²) in [4.78, 5) is 49.1. The molecule has 2 rings (SSSR count).